The minimum Gasteiger partial charge on any atom is -0.336 e. The fraction of sp³-hybridized carbons (Fsp3) is 0.118. The average molecular weight is 279 g/mol. The summed E-state index contributed by atoms with van der Waals surface area (Å²) >= 11 is 0. The van der Waals surface area contributed by atoms with Crippen molar-refractivity contribution in [1.29, 1.82) is 0 Å². The summed E-state index contributed by atoms with van der Waals surface area (Å²) < 4.78 is 0. The van der Waals surface area contributed by atoms with E-state index in [9.17, 15) is 9.59 Å². The number of carbonyl (C=O) groups excluding carboxylic acids is 2. The van der Waals surface area contributed by atoms with Gasteiger partial charge in [0.1, 0.15) is 0 Å². The van der Waals surface area contributed by atoms with Crippen molar-refractivity contribution in [3.05, 3.63) is 71.6 Å². The molecule has 0 saturated heterocycles. The number of aromatic nitrogens is 1. The van der Waals surface area contributed by atoms with Gasteiger partial charge in [-0.3, -0.25) is 14.6 Å². The van der Waals surface area contributed by atoms with E-state index in [4.69, 9.17) is 0 Å². The van der Waals surface area contributed by atoms with Crippen LogP contribution in [0, 0.1) is 0 Å². The largest absolute Gasteiger partial charge is 0.336 e. The van der Waals surface area contributed by atoms with Gasteiger partial charge in [0, 0.05) is 18.8 Å². The van der Waals surface area contributed by atoms with Crippen molar-refractivity contribution in [3.8, 4) is 0 Å². The molecule has 1 aromatic carbocycles. The Morgan fingerprint density at radius 2 is 2.00 bits per heavy atom. The first-order valence-corrected chi connectivity index (χ1v) is 6.51. The number of hydrogen-bond acceptors (Lipinski definition) is 3. The first kappa shape index (κ1) is 14.7. The summed E-state index contributed by atoms with van der Waals surface area (Å²) in [6, 6.07) is 12.7. The molecule has 1 amide bonds. The molecular weight excluding hydrogens is 264 g/mol. The Morgan fingerprint density at radius 3 is 2.71 bits per heavy atom. The summed E-state index contributed by atoms with van der Waals surface area (Å²) in [5, 5.41) is 0. The average Bonchev–Trinajstić information content (AvgIpc) is 2.53. The summed E-state index contributed by atoms with van der Waals surface area (Å²) in [5.74, 6) is -0.119. The minimum absolute atomic E-state index is 0.119. The van der Waals surface area contributed by atoms with E-state index < -0.39 is 0 Å². The lowest BCUT2D eigenvalue weighted by Crippen LogP contribution is -2.27. The van der Waals surface area contributed by atoms with Crippen LogP contribution in [0.25, 0.3) is 6.08 Å². The summed E-state index contributed by atoms with van der Waals surface area (Å²) in [6.07, 6.45) is 6.22. The molecule has 0 unspecified atom stereocenters. The Balaban J connectivity index is 2.19. The third-order valence-corrected chi connectivity index (χ3v) is 2.99. The van der Waals surface area contributed by atoms with Gasteiger partial charge in [-0.25, -0.2) is 0 Å². The molecule has 0 aliphatic rings. The molecule has 0 bridgehead atoms. The molecule has 105 valence electrons. The van der Waals surface area contributed by atoms with E-state index in [0.29, 0.717) is 17.7 Å². The van der Waals surface area contributed by atoms with E-state index in [-0.39, 0.29) is 5.91 Å². The lowest BCUT2D eigenvalue weighted by atomic mass is 10.1. The first-order valence-electron chi connectivity index (χ1n) is 6.51. The first-order chi connectivity index (χ1) is 10.2. The van der Waals surface area contributed by atoms with Gasteiger partial charge in [0.2, 0.25) is 6.29 Å². The molecule has 0 spiro atoms. The molecule has 0 saturated carbocycles. The predicted octanol–water partition coefficient (Wildman–Crippen LogP) is 2.48. The second kappa shape index (κ2) is 7.14. The zero-order chi connectivity index (χ0) is 15.1. The van der Waals surface area contributed by atoms with Gasteiger partial charge in [0.05, 0.1) is 12.2 Å². The minimum atomic E-state index is -0.119. The van der Waals surface area contributed by atoms with Crippen LogP contribution >= 0.6 is 0 Å². The highest BCUT2D eigenvalue weighted by atomic mass is 16.2. The molecule has 0 atom stereocenters. The normalized spacial score (nSPS) is 10.5. The summed E-state index contributed by atoms with van der Waals surface area (Å²) in [7, 11) is 1.73. The van der Waals surface area contributed by atoms with E-state index in [0.717, 1.165) is 5.69 Å². The quantitative estimate of drug-likeness (QED) is 0.790. The zero-order valence-corrected chi connectivity index (χ0v) is 11.7. The van der Waals surface area contributed by atoms with Crippen molar-refractivity contribution < 1.29 is 9.59 Å². The van der Waals surface area contributed by atoms with Crippen molar-refractivity contribution in [2.75, 3.05) is 7.05 Å². The SMILES string of the molecule is CN(Cc1ccccn1)C(=O)c1ccccc1/C=C/[C]=O. The highest BCUT2D eigenvalue weighted by Gasteiger charge is 2.14. The standard InChI is InChI=1S/C17H15N2O2/c1-19(13-15-9-4-5-11-18-15)17(21)16-10-3-2-7-14(16)8-6-12-20/h2-11H,13H2,1H3/b8-6+. The predicted molar refractivity (Wildman–Crippen MR) is 81.2 cm³/mol. The fourth-order valence-electron chi connectivity index (χ4n) is 1.97. The van der Waals surface area contributed by atoms with Crippen LogP contribution in [0.2, 0.25) is 0 Å². The van der Waals surface area contributed by atoms with E-state index in [1.54, 1.807) is 48.7 Å². The molecular formula is C17H15N2O2. The molecule has 0 aliphatic heterocycles. The zero-order valence-electron chi connectivity index (χ0n) is 11.7. The molecule has 4 heteroatoms. The van der Waals surface area contributed by atoms with Crippen LogP contribution in [0.15, 0.2) is 54.7 Å². The second-order valence-electron chi connectivity index (χ2n) is 4.52. The molecule has 0 aliphatic carbocycles. The molecule has 0 fully saturated rings. The number of hydrogen-bond donors (Lipinski definition) is 0. The number of benzene rings is 1. The molecule has 1 aromatic heterocycles. The van der Waals surface area contributed by atoms with Gasteiger partial charge in [0.15, 0.2) is 0 Å². The third-order valence-electron chi connectivity index (χ3n) is 2.99. The van der Waals surface area contributed by atoms with Gasteiger partial charge >= 0.3 is 0 Å². The molecule has 21 heavy (non-hydrogen) atoms. The number of amides is 1. The maximum atomic E-state index is 12.5. The van der Waals surface area contributed by atoms with Crippen LogP contribution in [0.4, 0.5) is 0 Å². The lowest BCUT2D eigenvalue weighted by molar-refractivity contribution is 0.0783. The number of nitrogens with zero attached hydrogens (tertiary/aromatic N) is 2. The smallest absolute Gasteiger partial charge is 0.254 e. The van der Waals surface area contributed by atoms with Gasteiger partial charge in [-0.1, -0.05) is 30.3 Å². The van der Waals surface area contributed by atoms with Gasteiger partial charge in [-0.2, -0.15) is 0 Å². The van der Waals surface area contributed by atoms with Crippen LogP contribution in [-0.2, 0) is 11.3 Å². The highest BCUT2D eigenvalue weighted by molar-refractivity contribution is 5.98. The lowest BCUT2D eigenvalue weighted by Gasteiger charge is -2.18. The van der Waals surface area contributed by atoms with Crippen molar-refractivity contribution in [2.45, 2.75) is 6.54 Å². The second-order valence-corrected chi connectivity index (χ2v) is 4.52. The van der Waals surface area contributed by atoms with E-state index in [1.165, 1.54) is 6.08 Å². The van der Waals surface area contributed by atoms with Crippen LogP contribution in [0.1, 0.15) is 21.6 Å². The van der Waals surface area contributed by atoms with Gasteiger partial charge in [-0.15, -0.1) is 0 Å². The van der Waals surface area contributed by atoms with Gasteiger partial charge in [0.25, 0.3) is 5.91 Å². The molecule has 0 N–H and O–H groups in total. The van der Waals surface area contributed by atoms with Crippen LogP contribution in [-0.4, -0.2) is 29.1 Å². The maximum Gasteiger partial charge on any atom is 0.254 e. The van der Waals surface area contributed by atoms with Gasteiger partial charge < -0.3 is 4.90 Å². The third kappa shape index (κ3) is 3.86. The van der Waals surface area contributed by atoms with E-state index in [2.05, 4.69) is 4.98 Å². The topological polar surface area (TPSA) is 50.3 Å². The molecule has 4 nitrogen and oxygen atoms in total. The molecule has 2 rings (SSSR count). The monoisotopic (exact) mass is 279 g/mol. The Hall–Kier alpha value is -2.75. The van der Waals surface area contributed by atoms with Crippen molar-refractivity contribution in [2.24, 2.45) is 0 Å². The summed E-state index contributed by atoms with van der Waals surface area (Å²) in [5.41, 5.74) is 2.06. The maximum absolute atomic E-state index is 12.5. The summed E-state index contributed by atoms with van der Waals surface area (Å²) in [6.45, 7) is 0.428. The fourth-order valence-corrected chi connectivity index (χ4v) is 1.97. The van der Waals surface area contributed by atoms with Crippen LogP contribution < -0.4 is 0 Å². The van der Waals surface area contributed by atoms with Gasteiger partial charge in [-0.05, 0) is 29.8 Å². The Bertz CT molecular complexity index is 651. The van der Waals surface area contributed by atoms with E-state index in [1.807, 2.05) is 24.3 Å². The van der Waals surface area contributed by atoms with Crippen LogP contribution in [0.3, 0.4) is 0 Å². The number of pyridine rings is 1. The highest BCUT2D eigenvalue weighted by Crippen LogP contribution is 2.14. The van der Waals surface area contributed by atoms with Crippen molar-refractivity contribution in [1.82, 2.24) is 9.88 Å². The number of carbonyl (C=O) groups is 1. The van der Waals surface area contributed by atoms with E-state index >= 15 is 0 Å². The number of allylic oxidation sites excluding steroid dienone is 1. The van der Waals surface area contributed by atoms with Crippen molar-refractivity contribution >= 4 is 18.3 Å². The summed E-state index contributed by atoms with van der Waals surface area (Å²) in [4.78, 5) is 28.6. The molecule has 1 heterocycles. The van der Waals surface area contributed by atoms with Crippen molar-refractivity contribution in [3.63, 3.8) is 0 Å². The molecule has 1 radical (unpaired) electrons. The molecule has 2 aromatic rings. The Labute approximate surface area is 123 Å². The Morgan fingerprint density at radius 1 is 1.24 bits per heavy atom. The Kier molecular flexibility index (Phi) is 4.99. The number of rotatable bonds is 5. The van der Waals surface area contributed by atoms with Crippen LogP contribution in [0.5, 0.6) is 0 Å².